The van der Waals surface area contributed by atoms with Crippen molar-refractivity contribution in [2.24, 2.45) is 5.73 Å². The van der Waals surface area contributed by atoms with Crippen LogP contribution in [0.1, 0.15) is 18.5 Å². The zero-order valence-corrected chi connectivity index (χ0v) is 6.65. The first-order chi connectivity index (χ1) is 5.77. The monoisotopic (exact) mass is 163 g/mol. The fraction of sp³-hybridized carbons (Fsp3) is 0.286. The normalized spacial score (nSPS) is 13.5. The second kappa shape index (κ2) is 2.53. The lowest BCUT2D eigenvalue weighted by atomic mass is 10.1. The maximum Gasteiger partial charge on any atom is 0.201 e. The molecule has 0 bridgehead atoms. The Balaban J connectivity index is 2.60. The number of fused-ring (bicyclic) bond motifs is 1. The molecular weight excluding hydrogens is 154 g/mol. The van der Waals surface area contributed by atoms with Crippen molar-refractivity contribution in [2.45, 2.75) is 13.0 Å². The maximum atomic E-state index is 5.68. The van der Waals surface area contributed by atoms with Gasteiger partial charge in [-0.3, -0.25) is 0 Å². The van der Waals surface area contributed by atoms with Crippen LogP contribution < -0.4 is 5.73 Å². The lowest BCUT2D eigenvalue weighted by molar-refractivity contribution is 0.814. The molecule has 5 nitrogen and oxygen atoms in total. The minimum atomic E-state index is -0.0152. The number of nitrogens with zero attached hydrogens (tertiary/aromatic N) is 3. The topological polar surface area (TPSA) is 80.5 Å². The molecule has 1 atom stereocenters. The van der Waals surface area contributed by atoms with Gasteiger partial charge in [-0.15, -0.1) is 5.10 Å². The largest absolute Gasteiger partial charge is 0.324 e. The minimum absolute atomic E-state index is 0.0152. The van der Waals surface area contributed by atoms with Gasteiger partial charge in [0.25, 0.3) is 0 Å². The molecule has 0 spiro atoms. The molecular formula is C7H9N5. The summed E-state index contributed by atoms with van der Waals surface area (Å²) in [5.74, 6) is 0. The molecule has 2 aromatic heterocycles. The van der Waals surface area contributed by atoms with Gasteiger partial charge in [-0.1, -0.05) is 0 Å². The van der Waals surface area contributed by atoms with E-state index in [1.807, 2.05) is 13.0 Å². The molecule has 62 valence electrons. The number of H-pyrrole nitrogens is 1. The third-order valence-electron chi connectivity index (χ3n) is 1.72. The van der Waals surface area contributed by atoms with E-state index < -0.39 is 0 Å². The number of aromatic amines is 1. The van der Waals surface area contributed by atoms with Crippen LogP contribution in [-0.4, -0.2) is 20.4 Å². The van der Waals surface area contributed by atoms with Crippen molar-refractivity contribution in [3.8, 4) is 0 Å². The van der Waals surface area contributed by atoms with Crippen LogP contribution in [0, 0.1) is 0 Å². The molecule has 2 aromatic rings. The standard InChI is InChI=1S/C7H9N5/c1-4(8)5-2-6-7(9-3-5)11-12-10-6/h2-4H,8H2,1H3,(H,9,10,11,12). The Labute approximate surface area is 69.0 Å². The lowest BCUT2D eigenvalue weighted by Gasteiger charge is -2.02. The summed E-state index contributed by atoms with van der Waals surface area (Å²) < 4.78 is 0. The highest BCUT2D eigenvalue weighted by Crippen LogP contribution is 2.12. The Morgan fingerprint density at radius 1 is 1.50 bits per heavy atom. The van der Waals surface area contributed by atoms with E-state index >= 15 is 0 Å². The van der Waals surface area contributed by atoms with Crippen LogP contribution in [0.5, 0.6) is 0 Å². The number of nitrogens with one attached hydrogen (secondary N) is 1. The molecule has 0 aliphatic rings. The van der Waals surface area contributed by atoms with Crippen LogP contribution in [0.25, 0.3) is 11.2 Å². The van der Waals surface area contributed by atoms with Gasteiger partial charge in [-0.2, -0.15) is 10.3 Å². The van der Waals surface area contributed by atoms with Crippen LogP contribution in [-0.2, 0) is 0 Å². The average molecular weight is 163 g/mol. The average Bonchev–Trinajstić information content (AvgIpc) is 2.49. The molecule has 3 N–H and O–H groups in total. The fourth-order valence-electron chi connectivity index (χ4n) is 1.01. The second-order valence-corrected chi connectivity index (χ2v) is 2.72. The molecule has 0 aliphatic heterocycles. The van der Waals surface area contributed by atoms with Gasteiger partial charge in [0.1, 0.15) is 5.52 Å². The summed E-state index contributed by atoms with van der Waals surface area (Å²) in [6.07, 6.45) is 1.72. The van der Waals surface area contributed by atoms with Crippen LogP contribution in [0.2, 0.25) is 0 Å². The van der Waals surface area contributed by atoms with Crippen molar-refractivity contribution in [3.05, 3.63) is 17.8 Å². The predicted molar refractivity (Wildman–Crippen MR) is 44.3 cm³/mol. The molecule has 0 amide bonds. The molecule has 5 heteroatoms. The molecule has 0 radical (unpaired) electrons. The van der Waals surface area contributed by atoms with E-state index in [0.717, 1.165) is 11.1 Å². The summed E-state index contributed by atoms with van der Waals surface area (Å²) >= 11 is 0. The van der Waals surface area contributed by atoms with Crippen molar-refractivity contribution in [1.82, 2.24) is 20.4 Å². The third-order valence-corrected chi connectivity index (χ3v) is 1.72. The van der Waals surface area contributed by atoms with Crippen LogP contribution in [0.4, 0.5) is 0 Å². The molecule has 0 aliphatic carbocycles. The Morgan fingerprint density at radius 2 is 2.33 bits per heavy atom. The van der Waals surface area contributed by atoms with Crippen LogP contribution in [0.3, 0.4) is 0 Å². The maximum absolute atomic E-state index is 5.68. The first kappa shape index (κ1) is 7.17. The van der Waals surface area contributed by atoms with Gasteiger partial charge in [0.15, 0.2) is 0 Å². The van der Waals surface area contributed by atoms with Gasteiger partial charge < -0.3 is 5.73 Å². The molecule has 0 saturated carbocycles. The van der Waals surface area contributed by atoms with Gasteiger partial charge in [0.2, 0.25) is 5.65 Å². The summed E-state index contributed by atoms with van der Waals surface area (Å²) in [4.78, 5) is 4.08. The third kappa shape index (κ3) is 1.04. The van der Waals surface area contributed by atoms with E-state index in [1.54, 1.807) is 6.20 Å². The molecule has 0 saturated heterocycles. The molecule has 1 unspecified atom stereocenters. The first-order valence-corrected chi connectivity index (χ1v) is 3.69. The number of rotatable bonds is 1. The first-order valence-electron chi connectivity index (χ1n) is 3.69. The fourth-order valence-corrected chi connectivity index (χ4v) is 1.01. The SMILES string of the molecule is CC(N)c1cnc2n[nH]nc2c1. The molecule has 12 heavy (non-hydrogen) atoms. The number of pyridine rings is 1. The molecule has 0 fully saturated rings. The highest BCUT2D eigenvalue weighted by atomic mass is 15.3. The van der Waals surface area contributed by atoms with E-state index in [1.165, 1.54) is 0 Å². The summed E-state index contributed by atoms with van der Waals surface area (Å²) in [5, 5.41) is 10.2. The molecule has 2 heterocycles. The van der Waals surface area contributed by atoms with Gasteiger partial charge in [-0.25, -0.2) is 4.98 Å². The smallest absolute Gasteiger partial charge is 0.201 e. The summed E-state index contributed by atoms with van der Waals surface area (Å²) in [6, 6.07) is 1.87. The van der Waals surface area contributed by atoms with Gasteiger partial charge in [0, 0.05) is 12.2 Å². The van der Waals surface area contributed by atoms with E-state index in [-0.39, 0.29) is 6.04 Å². The van der Waals surface area contributed by atoms with E-state index in [4.69, 9.17) is 5.73 Å². The molecule has 0 aromatic carbocycles. The molecule has 2 rings (SSSR count). The number of hydrogen-bond donors (Lipinski definition) is 2. The second-order valence-electron chi connectivity index (χ2n) is 2.72. The lowest BCUT2D eigenvalue weighted by Crippen LogP contribution is -2.04. The van der Waals surface area contributed by atoms with E-state index in [2.05, 4.69) is 20.4 Å². The quantitative estimate of drug-likeness (QED) is 0.636. The Kier molecular flexibility index (Phi) is 1.51. The van der Waals surface area contributed by atoms with Crippen LogP contribution >= 0.6 is 0 Å². The number of hydrogen-bond acceptors (Lipinski definition) is 4. The predicted octanol–water partition coefficient (Wildman–Crippen LogP) is 0.373. The minimum Gasteiger partial charge on any atom is -0.324 e. The van der Waals surface area contributed by atoms with E-state index in [9.17, 15) is 0 Å². The van der Waals surface area contributed by atoms with Crippen molar-refractivity contribution in [2.75, 3.05) is 0 Å². The van der Waals surface area contributed by atoms with Crippen molar-refractivity contribution < 1.29 is 0 Å². The summed E-state index contributed by atoms with van der Waals surface area (Å²) in [5.41, 5.74) is 8.02. The highest BCUT2D eigenvalue weighted by Gasteiger charge is 2.03. The van der Waals surface area contributed by atoms with Gasteiger partial charge in [0.05, 0.1) is 0 Å². The van der Waals surface area contributed by atoms with Crippen LogP contribution in [0.15, 0.2) is 12.3 Å². The summed E-state index contributed by atoms with van der Waals surface area (Å²) in [6.45, 7) is 1.91. The zero-order chi connectivity index (χ0) is 8.55. The number of nitrogens with two attached hydrogens (primary N) is 1. The van der Waals surface area contributed by atoms with Gasteiger partial charge >= 0.3 is 0 Å². The van der Waals surface area contributed by atoms with Crippen molar-refractivity contribution >= 4 is 11.2 Å². The Morgan fingerprint density at radius 3 is 3.08 bits per heavy atom. The summed E-state index contributed by atoms with van der Waals surface area (Å²) in [7, 11) is 0. The Hall–Kier alpha value is -1.49. The van der Waals surface area contributed by atoms with Crippen molar-refractivity contribution in [1.29, 1.82) is 0 Å². The van der Waals surface area contributed by atoms with E-state index in [0.29, 0.717) is 5.65 Å². The van der Waals surface area contributed by atoms with Crippen molar-refractivity contribution in [3.63, 3.8) is 0 Å². The Bertz CT molecular complexity index is 391. The van der Waals surface area contributed by atoms with Gasteiger partial charge in [-0.05, 0) is 18.6 Å². The zero-order valence-electron chi connectivity index (χ0n) is 6.65. The number of aromatic nitrogens is 4. The highest BCUT2D eigenvalue weighted by molar-refractivity contribution is 5.69.